The molecule has 0 saturated heterocycles. The Morgan fingerprint density at radius 1 is 1.28 bits per heavy atom. The molecule has 0 N–H and O–H groups in total. The van der Waals surface area contributed by atoms with Crippen LogP contribution in [0, 0.1) is 6.92 Å². The van der Waals surface area contributed by atoms with Crippen molar-refractivity contribution in [3.05, 3.63) is 74.3 Å². The number of aromatic nitrogens is 4. The Labute approximate surface area is 160 Å². The first-order valence-corrected chi connectivity index (χ1v) is 10.2. The average Bonchev–Trinajstić information content (AvgIpc) is 3.21. The topological polar surface area (TPSA) is 52.2 Å². The molecule has 0 aliphatic carbocycles. The molecule has 0 spiro atoms. The number of thiazole rings is 1. The molecule has 5 nitrogen and oxygen atoms in total. The second-order valence-corrected chi connectivity index (χ2v) is 8.12. The number of nitrogens with zero attached hydrogens (tertiary/aromatic N) is 4. The number of thioether (sulfide) groups is 1. The van der Waals surface area contributed by atoms with E-state index >= 15 is 0 Å². The summed E-state index contributed by atoms with van der Waals surface area (Å²) in [7, 11) is 0. The lowest BCUT2D eigenvalue weighted by molar-refractivity contribution is 0.893. The lowest BCUT2D eigenvalue weighted by Crippen LogP contribution is -2.14. The SMILES string of the molecule is Cc1csc2nc(CSc3nccn3-c3ccc(Br)cc3)cc(=O)n12. The van der Waals surface area contributed by atoms with E-state index in [2.05, 4.69) is 25.9 Å². The fourth-order valence-electron chi connectivity index (χ4n) is 2.51. The first kappa shape index (κ1) is 16.6. The number of imidazole rings is 1. The van der Waals surface area contributed by atoms with Crippen molar-refractivity contribution in [2.45, 2.75) is 17.8 Å². The van der Waals surface area contributed by atoms with Gasteiger partial charge in [0.25, 0.3) is 5.56 Å². The maximum absolute atomic E-state index is 12.3. The molecule has 0 aliphatic heterocycles. The lowest BCUT2D eigenvalue weighted by Gasteiger charge is -2.07. The molecule has 0 unspecified atom stereocenters. The molecule has 3 heterocycles. The zero-order valence-electron chi connectivity index (χ0n) is 13.2. The summed E-state index contributed by atoms with van der Waals surface area (Å²) in [6, 6.07) is 9.66. The second kappa shape index (κ2) is 6.78. The molecule has 8 heteroatoms. The van der Waals surface area contributed by atoms with Gasteiger partial charge in [-0.2, -0.15) is 0 Å². The molecular formula is C17H13BrN4OS2. The van der Waals surface area contributed by atoms with Gasteiger partial charge in [0.05, 0.1) is 5.69 Å². The van der Waals surface area contributed by atoms with Gasteiger partial charge in [0.1, 0.15) is 0 Å². The van der Waals surface area contributed by atoms with E-state index in [0.717, 1.165) is 31.7 Å². The molecule has 1 aromatic carbocycles. The number of aryl methyl sites for hydroxylation is 1. The normalized spacial score (nSPS) is 11.3. The fourth-order valence-corrected chi connectivity index (χ4v) is 4.53. The first-order valence-electron chi connectivity index (χ1n) is 7.51. The molecule has 0 bridgehead atoms. The highest BCUT2D eigenvalue weighted by atomic mass is 79.9. The minimum Gasteiger partial charge on any atom is -0.295 e. The van der Waals surface area contributed by atoms with Crippen molar-refractivity contribution >= 4 is 44.0 Å². The molecular weight excluding hydrogens is 420 g/mol. The van der Waals surface area contributed by atoms with E-state index < -0.39 is 0 Å². The highest BCUT2D eigenvalue weighted by Crippen LogP contribution is 2.24. The third-order valence-corrected chi connectivity index (χ3v) is 6.16. The van der Waals surface area contributed by atoms with E-state index in [0.29, 0.717) is 5.75 Å². The minimum atomic E-state index is -0.0319. The van der Waals surface area contributed by atoms with Crippen LogP contribution in [0.2, 0.25) is 0 Å². The first-order chi connectivity index (χ1) is 12.1. The van der Waals surface area contributed by atoms with Crippen LogP contribution in [0.1, 0.15) is 11.4 Å². The van der Waals surface area contributed by atoms with Gasteiger partial charge >= 0.3 is 0 Å². The summed E-state index contributed by atoms with van der Waals surface area (Å²) >= 11 is 6.50. The van der Waals surface area contributed by atoms with Crippen molar-refractivity contribution in [3.8, 4) is 5.69 Å². The molecule has 0 radical (unpaired) electrons. The number of fused-ring (bicyclic) bond motifs is 1. The Bertz CT molecular complexity index is 1100. The highest BCUT2D eigenvalue weighted by Gasteiger charge is 2.10. The highest BCUT2D eigenvalue weighted by molar-refractivity contribution is 9.10. The zero-order chi connectivity index (χ0) is 17.4. The van der Waals surface area contributed by atoms with Crippen LogP contribution in [0.25, 0.3) is 10.6 Å². The standard InChI is InChI=1S/C17H13BrN4OS2/c1-11-9-24-17-20-13(8-15(23)22(11)17)10-25-16-19-6-7-21(16)14-4-2-12(18)3-5-14/h2-9H,10H2,1H3. The van der Waals surface area contributed by atoms with Crippen molar-refractivity contribution < 1.29 is 0 Å². The minimum absolute atomic E-state index is 0.0319. The molecule has 0 saturated carbocycles. The predicted octanol–water partition coefficient (Wildman–Crippen LogP) is 4.30. The summed E-state index contributed by atoms with van der Waals surface area (Å²) < 4.78 is 4.70. The van der Waals surface area contributed by atoms with Crippen LogP contribution in [0.5, 0.6) is 0 Å². The largest absolute Gasteiger partial charge is 0.295 e. The molecule has 0 aliphatic rings. The van der Waals surface area contributed by atoms with Crippen LogP contribution in [0.4, 0.5) is 0 Å². The van der Waals surface area contributed by atoms with Gasteiger partial charge in [0.15, 0.2) is 10.1 Å². The van der Waals surface area contributed by atoms with Crippen LogP contribution in [0.15, 0.2) is 62.5 Å². The van der Waals surface area contributed by atoms with Gasteiger partial charge in [-0.1, -0.05) is 27.7 Å². The molecule has 25 heavy (non-hydrogen) atoms. The van der Waals surface area contributed by atoms with E-state index in [1.165, 1.54) is 11.3 Å². The summed E-state index contributed by atoms with van der Waals surface area (Å²) in [6.07, 6.45) is 3.71. The maximum Gasteiger partial charge on any atom is 0.258 e. The summed E-state index contributed by atoms with van der Waals surface area (Å²) in [4.78, 5) is 22.0. The number of halogens is 1. The predicted molar refractivity (Wildman–Crippen MR) is 105 cm³/mol. The van der Waals surface area contributed by atoms with E-state index in [1.54, 1.807) is 28.4 Å². The van der Waals surface area contributed by atoms with Crippen LogP contribution < -0.4 is 5.56 Å². The van der Waals surface area contributed by atoms with Crippen molar-refractivity contribution in [3.63, 3.8) is 0 Å². The Morgan fingerprint density at radius 3 is 2.88 bits per heavy atom. The lowest BCUT2D eigenvalue weighted by atomic mass is 10.3. The van der Waals surface area contributed by atoms with E-state index in [-0.39, 0.29) is 5.56 Å². The van der Waals surface area contributed by atoms with Crippen molar-refractivity contribution in [2.24, 2.45) is 0 Å². The van der Waals surface area contributed by atoms with Crippen LogP contribution in [0.3, 0.4) is 0 Å². The van der Waals surface area contributed by atoms with Gasteiger partial charge in [-0.15, -0.1) is 11.3 Å². The second-order valence-electron chi connectivity index (χ2n) is 5.43. The summed E-state index contributed by atoms with van der Waals surface area (Å²) in [5.41, 5.74) is 2.70. The number of hydrogen-bond donors (Lipinski definition) is 0. The van der Waals surface area contributed by atoms with Crippen molar-refractivity contribution in [1.29, 1.82) is 0 Å². The van der Waals surface area contributed by atoms with Gasteiger partial charge in [-0.25, -0.2) is 9.97 Å². The van der Waals surface area contributed by atoms with Crippen LogP contribution in [-0.2, 0) is 5.75 Å². The Morgan fingerprint density at radius 2 is 2.08 bits per heavy atom. The average molecular weight is 433 g/mol. The molecule has 0 amide bonds. The van der Waals surface area contributed by atoms with Gasteiger partial charge < -0.3 is 0 Å². The zero-order valence-corrected chi connectivity index (χ0v) is 16.4. The number of hydrogen-bond acceptors (Lipinski definition) is 5. The maximum atomic E-state index is 12.3. The molecule has 126 valence electrons. The molecule has 3 aromatic heterocycles. The third-order valence-electron chi connectivity index (χ3n) is 3.69. The van der Waals surface area contributed by atoms with Gasteiger partial charge in [-0.05, 0) is 31.2 Å². The summed E-state index contributed by atoms with van der Waals surface area (Å²) in [5.74, 6) is 0.593. The van der Waals surface area contributed by atoms with Crippen molar-refractivity contribution in [1.82, 2.24) is 18.9 Å². The van der Waals surface area contributed by atoms with Crippen LogP contribution >= 0.6 is 39.0 Å². The van der Waals surface area contributed by atoms with Gasteiger partial charge in [-0.3, -0.25) is 13.8 Å². The Balaban J connectivity index is 1.59. The quantitative estimate of drug-likeness (QED) is 0.451. The van der Waals surface area contributed by atoms with E-state index in [4.69, 9.17) is 0 Å². The van der Waals surface area contributed by atoms with Crippen LogP contribution in [-0.4, -0.2) is 18.9 Å². The number of rotatable bonds is 4. The van der Waals surface area contributed by atoms with Gasteiger partial charge in [0, 0.05) is 45.4 Å². The molecule has 4 rings (SSSR count). The monoisotopic (exact) mass is 432 g/mol. The summed E-state index contributed by atoms with van der Waals surface area (Å²) in [6.45, 7) is 1.91. The number of benzene rings is 1. The molecule has 0 fully saturated rings. The smallest absolute Gasteiger partial charge is 0.258 e. The summed E-state index contributed by atoms with van der Waals surface area (Å²) in [5, 5.41) is 2.81. The van der Waals surface area contributed by atoms with E-state index in [9.17, 15) is 4.79 Å². The third kappa shape index (κ3) is 3.29. The van der Waals surface area contributed by atoms with Crippen molar-refractivity contribution in [2.75, 3.05) is 0 Å². The Kier molecular flexibility index (Phi) is 4.49. The van der Waals surface area contributed by atoms with E-state index in [1.807, 2.05) is 47.3 Å². The van der Waals surface area contributed by atoms with Gasteiger partial charge in [0.2, 0.25) is 0 Å². The Hall–Kier alpha value is -1.90. The fraction of sp³-hybridized carbons (Fsp3) is 0.118. The molecule has 4 aromatic rings. The molecule has 0 atom stereocenters.